The van der Waals surface area contributed by atoms with Gasteiger partial charge in [-0.3, -0.25) is 9.59 Å². The molecule has 22 aromatic carbocycles. The van der Waals surface area contributed by atoms with Crippen molar-refractivity contribution in [3.63, 3.8) is 0 Å². The van der Waals surface area contributed by atoms with Crippen LogP contribution in [0.2, 0.25) is 0 Å². The van der Waals surface area contributed by atoms with Crippen molar-refractivity contribution in [1.29, 1.82) is 0 Å². The third-order valence-corrected chi connectivity index (χ3v) is 25.4. The highest BCUT2D eigenvalue weighted by Gasteiger charge is 2.21. The van der Waals surface area contributed by atoms with Crippen molar-refractivity contribution in [3.8, 4) is 39.3 Å². The highest BCUT2D eigenvalue weighted by Crippen LogP contribution is 2.45. The fourth-order valence-electron chi connectivity index (χ4n) is 17.0. The Morgan fingerprint density at radius 2 is 0.697 bits per heavy atom. The quantitative estimate of drug-likeness (QED) is 0.0355. The molecule has 23 aromatic rings. The minimum Gasteiger partial charge on any atom is -0.537 e. The van der Waals surface area contributed by atoms with E-state index < -0.39 is 12.4 Å². The van der Waals surface area contributed by atoms with Gasteiger partial charge in [0.25, 0.3) is 11.1 Å². The molecule has 1 radical (unpaired) electrons. The number of nitrogens with zero attached hydrogens (tertiary/aromatic N) is 1. The number of hydrogen-bond donors (Lipinski definition) is 6. The van der Waals surface area contributed by atoms with Crippen LogP contribution in [0.4, 0.5) is 17.1 Å². The minimum absolute atomic E-state index is 0.131. The van der Waals surface area contributed by atoms with Gasteiger partial charge in [0, 0.05) is 84.3 Å². The van der Waals surface area contributed by atoms with Gasteiger partial charge in [0.1, 0.15) is 5.75 Å². The van der Waals surface area contributed by atoms with Crippen molar-refractivity contribution in [2.24, 2.45) is 0 Å². The molecule has 0 aliphatic rings. The molecule has 0 aliphatic carbocycles. The maximum Gasteiger partial charge on any atom is 0.569 e. The number of nitrogen functional groups attached to an aromatic ring is 2. The van der Waals surface area contributed by atoms with Crippen LogP contribution in [0.5, 0.6) is 5.75 Å². The molecule has 0 spiro atoms. The number of amides is 1. The number of rotatable bonds is 9. The second-order valence-corrected chi connectivity index (χ2v) is 35.0. The van der Waals surface area contributed by atoms with Crippen molar-refractivity contribution >= 4 is 253 Å². The molecule has 0 fully saturated rings. The molecule has 23 rings (SSSR count). The van der Waals surface area contributed by atoms with Gasteiger partial charge in [-0.05, 0) is 237 Å². The molecule has 0 saturated heterocycles. The van der Waals surface area contributed by atoms with Gasteiger partial charge >= 0.3 is 14.8 Å². The van der Waals surface area contributed by atoms with Crippen LogP contribution in [0.3, 0.4) is 0 Å². The summed E-state index contributed by atoms with van der Waals surface area (Å²) in [5, 5.41) is 57.5. The SMILES string of the molecule is Brc1cccc(-c2nc3ccccc3c3c4ccccc4c4ccccc4c23)c1.Nc1ccccc1-c1cc2ccccc2c2ccccc12.Nc1ccccc1Br.O=C(Cl)c1cccc(Br)c1.O=C(Nc1ccccc1-c1cc2ccccc2c2ccccc12)c1cccc(Br)c1.OB(O)c1cc2ccccc2c2ccccc12.O[B]Oc1cc2ccccc2c2ccccc12. The molecule has 1 amide bonds. The van der Waals surface area contributed by atoms with Crippen molar-refractivity contribution in [2.45, 2.75) is 0 Å². The molecule has 8 N–H and O–H groups in total. The maximum atomic E-state index is 12.9. The number of anilines is 3. The predicted octanol–water partition coefficient (Wildman–Crippen LogP) is 30.5. The van der Waals surface area contributed by atoms with Gasteiger partial charge in [0.2, 0.25) is 0 Å². The van der Waals surface area contributed by atoms with Crippen molar-refractivity contribution in [1.82, 2.24) is 4.98 Å². The summed E-state index contributed by atoms with van der Waals surface area (Å²) in [6, 6.07) is 146. The highest BCUT2D eigenvalue weighted by molar-refractivity contribution is 9.11. The van der Waals surface area contributed by atoms with Gasteiger partial charge in [0.15, 0.2) is 0 Å². The van der Waals surface area contributed by atoms with E-state index in [1.807, 2.05) is 188 Å². The molecule has 17 heteroatoms. The van der Waals surface area contributed by atoms with Crippen LogP contribution >= 0.6 is 75.3 Å². The summed E-state index contributed by atoms with van der Waals surface area (Å²) >= 11 is 18.8. The van der Waals surface area contributed by atoms with Crippen molar-refractivity contribution in [3.05, 3.63) is 466 Å². The van der Waals surface area contributed by atoms with Gasteiger partial charge in [-0.1, -0.05) is 394 Å². The Kier molecular flexibility index (Phi) is 28.4. The lowest BCUT2D eigenvalue weighted by atomic mass is 9.76. The van der Waals surface area contributed by atoms with E-state index in [1.54, 1.807) is 18.2 Å². The summed E-state index contributed by atoms with van der Waals surface area (Å²) in [5.41, 5.74) is 23.3. The molecular formula is C115H80B2Br4ClN4O6. The summed E-state index contributed by atoms with van der Waals surface area (Å²) < 4.78 is 8.91. The number of fused-ring (bicyclic) bond motifs is 20. The summed E-state index contributed by atoms with van der Waals surface area (Å²) in [4.78, 5) is 28.6. The number of carbonyl (C=O) groups excluding carboxylic acids is 2. The monoisotopic (exact) mass is 1990 g/mol. The number of nitrogens with two attached hydrogens (primary N) is 2. The number of benzene rings is 22. The van der Waals surface area contributed by atoms with E-state index in [9.17, 15) is 19.6 Å². The standard InChI is InChI=1S/C27H18BrNO.C27H16BrN.C20H15N.C14H10BO2.C14H11BO2.C7H4BrClO.C6H6BrN/c28-20-10-7-9-19(16-20)27(30)29-26-15-6-5-14-24(26)25-17-18-8-1-2-11-21(18)22-12-3-4-13-23(22)25;28-18-9-7-8-17(16-18)27-26-22-13-4-2-11-20(22)19-10-1-3-12-21(19)25(26)23-14-5-6-15-24(23)29-27;21-20-12-6-5-11-18(20)19-13-14-7-1-2-8-15(14)16-9-3-4-10-17(16)19;16-15-17-14-9-10-5-1-2-6-11(10)12-7-3-4-8-13(12)14;16-15(17)14-9-10-5-1-2-6-11(10)12-7-3-4-8-13(12)14;8-6-3-1-2-5(4-6)7(9)10;7-5-3-1-2-4-6(5)8/h1-17H,(H,29,30);1-16H;1-13H,21H2;1-9,16H;1-9,16-17H;1-4H;1-4H,8H2. The predicted molar refractivity (Wildman–Crippen MR) is 572 cm³/mol. The van der Waals surface area contributed by atoms with Gasteiger partial charge < -0.3 is 36.5 Å². The summed E-state index contributed by atoms with van der Waals surface area (Å²) in [6.07, 6.45) is 0. The van der Waals surface area contributed by atoms with E-state index >= 15 is 0 Å². The first kappa shape index (κ1) is 89.8. The average molecular weight is 1990 g/mol. The number of carbonyl (C=O) groups is 2. The molecule has 132 heavy (non-hydrogen) atoms. The molecule has 0 unspecified atom stereocenters. The van der Waals surface area contributed by atoms with Crippen LogP contribution in [0.25, 0.3) is 163 Å². The molecule has 0 saturated carbocycles. The number of para-hydroxylation sites is 4. The van der Waals surface area contributed by atoms with Gasteiger partial charge in [0.05, 0.1) is 11.2 Å². The van der Waals surface area contributed by atoms with Crippen LogP contribution in [0, 0.1) is 0 Å². The first-order chi connectivity index (χ1) is 64.5. The Labute approximate surface area is 802 Å². The van der Waals surface area contributed by atoms with E-state index in [0.29, 0.717) is 22.3 Å². The van der Waals surface area contributed by atoms with Crippen molar-refractivity contribution in [2.75, 3.05) is 16.8 Å². The molecule has 0 bridgehead atoms. The fraction of sp³-hybridized carbons (Fsp3) is 0. The molecule has 0 aliphatic heterocycles. The number of nitrogens with one attached hydrogen (secondary N) is 1. The van der Waals surface area contributed by atoms with Gasteiger partial charge in [-0.15, -0.1) is 0 Å². The van der Waals surface area contributed by atoms with E-state index in [1.165, 1.54) is 91.7 Å². The first-order valence-electron chi connectivity index (χ1n) is 42.5. The highest BCUT2D eigenvalue weighted by atomic mass is 79.9. The zero-order valence-corrected chi connectivity index (χ0v) is 77.9. The van der Waals surface area contributed by atoms with Gasteiger partial charge in [-0.25, -0.2) is 4.98 Å². The Morgan fingerprint density at radius 3 is 1.18 bits per heavy atom. The van der Waals surface area contributed by atoms with Crippen LogP contribution in [-0.2, 0) is 0 Å². The molecule has 1 aromatic heterocycles. The molecule has 0 atom stereocenters. The van der Waals surface area contributed by atoms with Crippen LogP contribution < -0.4 is 26.9 Å². The minimum atomic E-state index is -1.44. The number of aromatic nitrogens is 1. The summed E-state index contributed by atoms with van der Waals surface area (Å²) in [6.45, 7) is 0. The Morgan fingerprint density at radius 1 is 0.326 bits per heavy atom. The Hall–Kier alpha value is -14.1. The third kappa shape index (κ3) is 19.9. The second-order valence-electron chi connectivity index (χ2n) is 31.1. The Bertz CT molecular complexity index is 8250. The van der Waals surface area contributed by atoms with Crippen LogP contribution in [0.15, 0.2) is 455 Å². The lowest BCUT2D eigenvalue weighted by molar-refractivity contribution is 0.102. The zero-order valence-electron chi connectivity index (χ0n) is 70.8. The molecule has 10 nitrogen and oxygen atoms in total. The Balaban J connectivity index is 0.000000112. The average Bonchev–Trinajstić information content (AvgIpc) is 0.714. The summed E-state index contributed by atoms with van der Waals surface area (Å²) in [5.74, 6) is 0.538. The first-order valence-corrected chi connectivity index (χ1v) is 46.0. The largest absolute Gasteiger partial charge is 0.569 e. The lowest BCUT2D eigenvalue weighted by Crippen LogP contribution is -2.30. The van der Waals surface area contributed by atoms with E-state index in [0.717, 1.165) is 114 Å². The van der Waals surface area contributed by atoms with Crippen LogP contribution in [-0.4, -0.2) is 46.0 Å². The smallest absolute Gasteiger partial charge is 0.537 e. The second kappa shape index (κ2) is 41.7. The summed E-state index contributed by atoms with van der Waals surface area (Å²) in [7, 11) is -0.721. The van der Waals surface area contributed by atoms with Crippen molar-refractivity contribution < 1.29 is 29.3 Å². The van der Waals surface area contributed by atoms with E-state index in [-0.39, 0.29) is 5.91 Å². The van der Waals surface area contributed by atoms with E-state index in [4.69, 9.17) is 37.7 Å². The number of hydrogen-bond acceptors (Lipinski definition) is 9. The number of halogens is 5. The number of pyridine rings is 1. The maximum absolute atomic E-state index is 12.9. The topological polar surface area (TPSA) is 181 Å². The third-order valence-electron chi connectivity index (χ3n) is 23.0. The lowest BCUT2D eigenvalue weighted by Gasteiger charge is -2.16. The molecule has 637 valence electrons. The van der Waals surface area contributed by atoms with E-state index in [2.05, 4.69) is 300 Å². The zero-order chi connectivity index (χ0) is 91.1. The normalized spacial score (nSPS) is 10.8. The fourth-order valence-corrected chi connectivity index (χ4v) is 18.6. The van der Waals surface area contributed by atoms with Gasteiger partial charge in [-0.2, -0.15) is 0 Å². The molecule has 1 heterocycles. The molecular weight excluding hydrogens is 1910 g/mol. The van der Waals surface area contributed by atoms with Crippen LogP contribution in [0.1, 0.15) is 20.7 Å².